The van der Waals surface area contributed by atoms with Gasteiger partial charge >= 0.3 is 0 Å². The fourth-order valence-electron chi connectivity index (χ4n) is 2.89. The van der Waals surface area contributed by atoms with Crippen molar-refractivity contribution in [2.75, 3.05) is 5.32 Å². The number of carbonyl (C=O) groups excluding carboxylic acids is 2. The molecule has 0 aliphatic heterocycles. The number of hydrogen-bond acceptors (Lipinski definition) is 2. The van der Waals surface area contributed by atoms with Crippen LogP contribution in [0.2, 0.25) is 5.02 Å². The van der Waals surface area contributed by atoms with Gasteiger partial charge in [-0.15, -0.1) is 0 Å². The van der Waals surface area contributed by atoms with E-state index in [0.717, 1.165) is 22.0 Å². The van der Waals surface area contributed by atoms with Gasteiger partial charge < -0.3 is 9.88 Å². The van der Waals surface area contributed by atoms with E-state index in [-0.39, 0.29) is 0 Å². The van der Waals surface area contributed by atoms with Gasteiger partial charge in [0.05, 0.1) is 16.3 Å². The molecule has 5 heteroatoms. The van der Waals surface area contributed by atoms with Gasteiger partial charge in [0.25, 0.3) is 11.7 Å². The first-order chi connectivity index (χ1) is 11.4. The summed E-state index contributed by atoms with van der Waals surface area (Å²) < 4.78 is 1.83. The van der Waals surface area contributed by atoms with Crippen molar-refractivity contribution < 1.29 is 9.59 Å². The van der Waals surface area contributed by atoms with E-state index in [1.807, 2.05) is 55.8 Å². The predicted molar refractivity (Wildman–Crippen MR) is 96.8 cm³/mol. The largest absolute Gasteiger partial charge is 0.350 e. The Bertz CT molecular complexity index is 950. The van der Waals surface area contributed by atoms with E-state index < -0.39 is 11.7 Å². The van der Waals surface area contributed by atoms with Crippen molar-refractivity contribution in [2.45, 2.75) is 13.8 Å². The third kappa shape index (κ3) is 2.81. The minimum Gasteiger partial charge on any atom is -0.350 e. The molecule has 0 atom stereocenters. The molecule has 4 nitrogen and oxygen atoms in total. The fraction of sp³-hybridized carbons (Fsp3) is 0.158. The Hall–Kier alpha value is -2.59. The normalized spacial score (nSPS) is 10.8. The van der Waals surface area contributed by atoms with Gasteiger partial charge in [0.15, 0.2) is 0 Å². The smallest absolute Gasteiger partial charge is 0.296 e. The van der Waals surface area contributed by atoms with E-state index in [0.29, 0.717) is 16.3 Å². The van der Waals surface area contributed by atoms with Crippen LogP contribution >= 0.6 is 11.6 Å². The summed E-state index contributed by atoms with van der Waals surface area (Å²) in [5.41, 5.74) is 3.57. The van der Waals surface area contributed by atoms with E-state index in [4.69, 9.17) is 11.6 Å². The second kappa shape index (κ2) is 6.13. The van der Waals surface area contributed by atoms with Crippen molar-refractivity contribution in [1.82, 2.24) is 4.57 Å². The van der Waals surface area contributed by atoms with Gasteiger partial charge in [-0.2, -0.15) is 0 Å². The average Bonchev–Trinajstić information content (AvgIpc) is 2.87. The molecule has 0 saturated carbocycles. The van der Waals surface area contributed by atoms with Crippen molar-refractivity contribution >= 4 is 39.9 Å². The monoisotopic (exact) mass is 340 g/mol. The van der Waals surface area contributed by atoms with E-state index in [1.54, 1.807) is 12.3 Å². The molecule has 3 rings (SSSR count). The quantitative estimate of drug-likeness (QED) is 0.572. The highest BCUT2D eigenvalue weighted by Gasteiger charge is 2.22. The van der Waals surface area contributed by atoms with Crippen molar-refractivity contribution in [2.24, 2.45) is 7.05 Å². The lowest BCUT2D eigenvalue weighted by Crippen LogP contribution is -2.23. The van der Waals surface area contributed by atoms with Crippen LogP contribution in [0.1, 0.15) is 21.5 Å². The standard InChI is InChI=1S/C19H17ClN2O2/c1-11-8-12(2)17(15(20)9-11)21-19(24)18(23)14-10-22(3)16-7-5-4-6-13(14)16/h4-10H,1-3H3,(H,21,24). The van der Waals surface area contributed by atoms with Gasteiger partial charge in [-0.3, -0.25) is 9.59 Å². The third-order valence-corrected chi connectivity index (χ3v) is 4.32. The van der Waals surface area contributed by atoms with Crippen LogP contribution in [0, 0.1) is 13.8 Å². The van der Waals surface area contributed by atoms with Crippen LogP contribution in [-0.2, 0) is 11.8 Å². The summed E-state index contributed by atoms with van der Waals surface area (Å²) in [6, 6.07) is 11.1. The summed E-state index contributed by atoms with van der Waals surface area (Å²) in [7, 11) is 1.85. The van der Waals surface area contributed by atoms with Crippen molar-refractivity contribution in [3.63, 3.8) is 0 Å². The number of benzene rings is 2. The van der Waals surface area contributed by atoms with Crippen LogP contribution in [0.5, 0.6) is 0 Å². The predicted octanol–water partition coefficient (Wildman–Crippen LogP) is 4.27. The molecule has 0 fully saturated rings. The zero-order chi connectivity index (χ0) is 17.4. The highest BCUT2D eigenvalue weighted by atomic mass is 35.5. The van der Waals surface area contributed by atoms with E-state index in [2.05, 4.69) is 5.32 Å². The molecule has 2 aromatic carbocycles. The molecule has 0 bridgehead atoms. The first kappa shape index (κ1) is 16.3. The second-order valence-corrected chi connectivity index (χ2v) is 6.30. The maximum atomic E-state index is 12.6. The number of amides is 1. The minimum absolute atomic E-state index is 0.381. The number of hydrogen-bond donors (Lipinski definition) is 1. The Morgan fingerprint density at radius 3 is 2.54 bits per heavy atom. The maximum Gasteiger partial charge on any atom is 0.296 e. The highest BCUT2D eigenvalue weighted by Crippen LogP contribution is 2.28. The first-order valence-corrected chi connectivity index (χ1v) is 7.92. The van der Waals surface area contributed by atoms with E-state index in [1.165, 1.54) is 0 Å². The van der Waals surface area contributed by atoms with Gasteiger partial charge in [0.1, 0.15) is 0 Å². The molecular formula is C19H17ClN2O2. The number of para-hydroxylation sites is 1. The average molecular weight is 341 g/mol. The Morgan fingerprint density at radius 1 is 1.12 bits per heavy atom. The van der Waals surface area contributed by atoms with Crippen LogP contribution < -0.4 is 5.32 Å². The number of halogens is 1. The van der Waals surface area contributed by atoms with Crippen molar-refractivity contribution in [3.05, 3.63) is 64.3 Å². The SMILES string of the molecule is Cc1cc(C)c(NC(=O)C(=O)c2cn(C)c3ccccc23)c(Cl)c1. The molecule has 1 heterocycles. The number of rotatable bonds is 3. The molecule has 0 aliphatic rings. The molecular weight excluding hydrogens is 324 g/mol. The third-order valence-electron chi connectivity index (χ3n) is 4.02. The lowest BCUT2D eigenvalue weighted by atomic mass is 10.1. The van der Waals surface area contributed by atoms with Crippen LogP contribution in [0.15, 0.2) is 42.6 Å². The Labute approximate surface area is 145 Å². The van der Waals surface area contributed by atoms with Crippen LogP contribution in [0.4, 0.5) is 5.69 Å². The molecule has 1 amide bonds. The topological polar surface area (TPSA) is 51.1 Å². The number of ketones is 1. The highest BCUT2D eigenvalue weighted by molar-refractivity contribution is 6.49. The fourth-order valence-corrected chi connectivity index (χ4v) is 3.26. The summed E-state index contributed by atoms with van der Waals surface area (Å²) in [6.07, 6.45) is 1.68. The molecule has 24 heavy (non-hydrogen) atoms. The molecule has 3 aromatic rings. The number of aryl methyl sites for hydroxylation is 3. The Morgan fingerprint density at radius 2 is 1.83 bits per heavy atom. The number of nitrogens with one attached hydrogen (secondary N) is 1. The number of nitrogens with zero attached hydrogens (tertiary/aromatic N) is 1. The molecule has 0 unspecified atom stereocenters. The van der Waals surface area contributed by atoms with Crippen molar-refractivity contribution in [1.29, 1.82) is 0 Å². The van der Waals surface area contributed by atoms with Gasteiger partial charge in [0, 0.05) is 24.1 Å². The molecule has 0 saturated heterocycles. The molecule has 1 aromatic heterocycles. The summed E-state index contributed by atoms with van der Waals surface area (Å²) >= 11 is 6.20. The molecule has 0 aliphatic carbocycles. The van der Waals surface area contributed by atoms with Crippen molar-refractivity contribution in [3.8, 4) is 0 Å². The summed E-state index contributed by atoms with van der Waals surface area (Å²) in [4.78, 5) is 25.0. The number of fused-ring (bicyclic) bond motifs is 1. The van der Waals surface area contributed by atoms with E-state index in [9.17, 15) is 9.59 Å². The zero-order valence-corrected chi connectivity index (χ0v) is 14.4. The van der Waals surface area contributed by atoms with Crippen LogP contribution in [0.25, 0.3) is 10.9 Å². The lowest BCUT2D eigenvalue weighted by Gasteiger charge is -2.10. The molecule has 122 valence electrons. The first-order valence-electron chi connectivity index (χ1n) is 7.55. The van der Waals surface area contributed by atoms with Gasteiger partial charge in [0.2, 0.25) is 0 Å². The van der Waals surface area contributed by atoms with Gasteiger partial charge in [-0.1, -0.05) is 35.9 Å². The molecule has 0 radical (unpaired) electrons. The maximum absolute atomic E-state index is 12.6. The lowest BCUT2D eigenvalue weighted by molar-refractivity contribution is -0.112. The minimum atomic E-state index is -0.694. The van der Waals surface area contributed by atoms with Gasteiger partial charge in [-0.05, 0) is 37.1 Å². The summed E-state index contributed by atoms with van der Waals surface area (Å²) in [5, 5.41) is 3.83. The Balaban J connectivity index is 1.94. The van der Waals surface area contributed by atoms with E-state index >= 15 is 0 Å². The number of carbonyl (C=O) groups is 2. The van der Waals surface area contributed by atoms with Crippen LogP contribution in [0.3, 0.4) is 0 Å². The zero-order valence-electron chi connectivity index (χ0n) is 13.7. The molecule has 1 N–H and O–H groups in total. The van der Waals surface area contributed by atoms with Crippen LogP contribution in [-0.4, -0.2) is 16.3 Å². The summed E-state index contributed by atoms with van der Waals surface area (Å²) in [6.45, 7) is 3.77. The number of anilines is 1. The second-order valence-electron chi connectivity index (χ2n) is 5.89. The van der Waals surface area contributed by atoms with Gasteiger partial charge in [-0.25, -0.2) is 0 Å². The number of Topliss-reactive ketones (excluding diaryl/α,β-unsaturated/α-hetero) is 1. The summed E-state index contributed by atoms with van der Waals surface area (Å²) in [5.74, 6) is -1.27. The number of aromatic nitrogens is 1. The molecule has 0 spiro atoms. The Kier molecular flexibility index (Phi) is 4.16.